The van der Waals surface area contributed by atoms with Crippen LogP contribution >= 0.6 is 31.9 Å². The third-order valence-electron chi connectivity index (χ3n) is 3.39. The molecule has 0 aromatic rings. The molecule has 2 amide bonds. The number of hydrogen-bond donors (Lipinski definition) is 0. The van der Waals surface area contributed by atoms with Crippen LogP contribution in [0.5, 0.6) is 0 Å². The summed E-state index contributed by atoms with van der Waals surface area (Å²) in [6, 6.07) is 0. The van der Waals surface area contributed by atoms with Gasteiger partial charge in [0.2, 0.25) is 0 Å². The highest BCUT2D eigenvalue weighted by Crippen LogP contribution is 2.35. The Bertz CT molecular complexity index is 593. The highest BCUT2D eigenvalue weighted by atomic mass is 79.9. The molecule has 0 spiro atoms. The van der Waals surface area contributed by atoms with Gasteiger partial charge in [-0.1, -0.05) is 0 Å². The molecule has 0 saturated heterocycles. The van der Waals surface area contributed by atoms with Gasteiger partial charge in [-0.15, -0.1) is 0 Å². The lowest BCUT2D eigenvalue weighted by molar-refractivity contribution is -0.165. The first kappa shape index (κ1) is 22.3. The maximum Gasteiger partial charge on any atom is 0.309 e. The first-order valence-electron chi connectivity index (χ1n) is 7.87. The van der Waals surface area contributed by atoms with E-state index in [0.29, 0.717) is 0 Å². The van der Waals surface area contributed by atoms with Gasteiger partial charge in [-0.05, 0) is 80.3 Å². The Labute approximate surface area is 165 Å². The number of carbonyl (C=O) groups is 3. The fourth-order valence-electron chi connectivity index (χ4n) is 2.24. The molecule has 0 aromatic heterocycles. The fraction of sp³-hybridized carbons (Fsp3) is 0.706. The summed E-state index contributed by atoms with van der Waals surface area (Å²) >= 11 is 6.22. The zero-order valence-corrected chi connectivity index (χ0v) is 18.8. The van der Waals surface area contributed by atoms with Crippen LogP contribution in [0.3, 0.4) is 0 Å². The quantitative estimate of drug-likeness (QED) is 0.426. The second-order valence-electron chi connectivity index (χ2n) is 8.20. The molecule has 0 atom stereocenters. The molecule has 8 heteroatoms. The lowest BCUT2D eigenvalue weighted by Crippen LogP contribution is -2.52. The molecule has 1 aliphatic heterocycles. The average molecular weight is 483 g/mol. The van der Waals surface area contributed by atoms with E-state index >= 15 is 0 Å². The van der Waals surface area contributed by atoms with E-state index in [4.69, 9.17) is 9.47 Å². The van der Waals surface area contributed by atoms with Crippen molar-refractivity contribution in [2.45, 2.75) is 71.6 Å². The van der Waals surface area contributed by atoms with Crippen LogP contribution in [0, 0.1) is 0 Å². The second kappa shape index (κ2) is 7.48. The van der Waals surface area contributed by atoms with E-state index in [1.165, 1.54) is 0 Å². The molecule has 0 aliphatic carbocycles. The van der Waals surface area contributed by atoms with Gasteiger partial charge in [0.1, 0.15) is 14.6 Å². The predicted octanol–water partition coefficient (Wildman–Crippen LogP) is 3.66. The highest BCUT2D eigenvalue weighted by Gasteiger charge is 2.45. The van der Waals surface area contributed by atoms with Crippen LogP contribution in [0.2, 0.25) is 0 Å². The topological polar surface area (TPSA) is 72.9 Å². The summed E-state index contributed by atoms with van der Waals surface area (Å²) in [6.07, 6.45) is 0.0634. The summed E-state index contributed by atoms with van der Waals surface area (Å²) < 4.78 is 11.6. The van der Waals surface area contributed by atoms with Gasteiger partial charge in [-0.3, -0.25) is 19.3 Å². The molecule has 0 unspecified atom stereocenters. The van der Waals surface area contributed by atoms with Crippen molar-refractivity contribution in [1.82, 2.24) is 4.90 Å². The Kier molecular flexibility index (Phi) is 6.68. The van der Waals surface area contributed by atoms with E-state index in [1.807, 2.05) is 0 Å². The summed E-state index contributed by atoms with van der Waals surface area (Å²) in [7, 11) is 0. The fourth-order valence-corrected chi connectivity index (χ4v) is 2.93. The van der Waals surface area contributed by atoms with Crippen molar-refractivity contribution in [3.05, 3.63) is 8.96 Å². The number of rotatable bonds is 6. The van der Waals surface area contributed by atoms with Crippen LogP contribution in [-0.4, -0.2) is 46.0 Å². The smallest absolute Gasteiger partial charge is 0.309 e. The minimum atomic E-state index is -0.881. The van der Waals surface area contributed by atoms with Gasteiger partial charge in [0.15, 0.2) is 0 Å². The van der Waals surface area contributed by atoms with Gasteiger partial charge in [-0.2, -0.15) is 0 Å². The van der Waals surface area contributed by atoms with Crippen LogP contribution in [0.4, 0.5) is 0 Å². The molecule has 0 N–H and O–H groups in total. The first-order valence-corrected chi connectivity index (χ1v) is 9.46. The minimum Gasteiger partial charge on any atom is -0.460 e. The molecule has 0 radical (unpaired) electrons. The van der Waals surface area contributed by atoms with Crippen molar-refractivity contribution in [1.29, 1.82) is 0 Å². The molecule has 1 heterocycles. The van der Waals surface area contributed by atoms with E-state index in [0.717, 1.165) is 4.90 Å². The third-order valence-corrected chi connectivity index (χ3v) is 5.39. The van der Waals surface area contributed by atoms with Crippen molar-refractivity contribution in [3.8, 4) is 0 Å². The molecule has 0 aromatic carbocycles. The maximum atomic E-state index is 12.3. The van der Waals surface area contributed by atoms with Gasteiger partial charge in [0, 0.05) is 0 Å². The summed E-state index contributed by atoms with van der Waals surface area (Å²) in [5.41, 5.74) is -2.24. The number of imide groups is 1. The van der Waals surface area contributed by atoms with Crippen molar-refractivity contribution in [2.75, 3.05) is 6.61 Å². The van der Waals surface area contributed by atoms with Crippen molar-refractivity contribution >= 4 is 49.6 Å². The Morgan fingerprint density at radius 2 is 1.40 bits per heavy atom. The zero-order chi connectivity index (χ0) is 19.8. The van der Waals surface area contributed by atoms with E-state index in [-0.39, 0.29) is 28.0 Å². The molecule has 0 saturated carbocycles. The Hall–Kier alpha value is -0.730. The second-order valence-corrected chi connectivity index (χ2v) is 9.78. The number of halogens is 2. The summed E-state index contributed by atoms with van der Waals surface area (Å²) in [6.45, 7) is 12.5. The van der Waals surface area contributed by atoms with E-state index in [1.54, 1.807) is 48.5 Å². The normalized spacial score (nSPS) is 16.8. The van der Waals surface area contributed by atoms with Crippen LogP contribution < -0.4 is 0 Å². The van der Waals surface area contributed by atoms with Crippen molar-refractivity contribution in [2.24, 2.45) is 0 Å². The number of nitrogens with zero attached hydrogens (tertiary/aromatic N) is 1. The molecular weight excluding hydrogens is 458 g/mol. The maximum absolute atomic E-state index is 12.3. The number of carbonyl (C=O) groups excluding carboxylic acids is 3. The summed E-state index contributed by atoms with van der Waals surface area (Å²) in [4.78, 5) is 37.7. The standard InChI is InChI=1S/C17H25Br2NO5/c1-15(2,3)25-10(21)8-17(6,7)24-9-16(4,5)20-13(22)11(18)12(19)14(20)23/h8-9H2,1-7H3. The largest absolute Gasteiger partial charge is 0.460 e. The lowest BCUT2D eigenvalue weighted by atomic mass is 10.0. The highest BCUT2D eigenvalue weighted by molar-refractivity contribution is 9.14. The van der Waals surface area contributed by atoms with Crippen LogP contribution in [0.25, 0.3) is 0 Å². The van der Waals surface area contributed by atoms with Crippen LogP contribution in [-0.2, 0) is 23.9 Å². The van der Waals surface area contributed by atoms with Crippen molar-refractivity contribution in [3.63, 3.8) is 0 Å². The molecule has 25 heavy (non-hydrogen) atoms. The molecule has 1 aliphatic rings. The van der Waals surface area contributed by atoms with Crippen LogP contribution in [0.15, 0.2) is 8.96 Å². The average Bonchev–Trinajstić information content (AvgIpc) is 2.58. The monoisotopic (exact) mass is 481 g/mol. The number of esters is 1. The van der Waals surface area contributed by atoms with E-state index < -0.39 is 28.6 Å². The number of amides is 2. The van der Waals surface area contributed by atoms with Gasteiger partial charge >= 0.3 is 5.97 Å². The molecule has 6 nitrogen and oxygen atoms in total. The molecule has 1 rings (SSSR count). The predicted molar refractivity (Wildman–Crippen MR) is 101 cm³/mol. The van der Waals surface area contributed by atoms with Gasteiger partial charge in [0.05, 0.1) is 24.2 Å². The summed E-state index contributed by atoms with van der Waals surface area (Å²) in [5, 5.41) is 0. The first-order chi connectivity index (χ1) is 11.1. The minimum absolute atomic E-state index is 0.0634. The van der Waals surface area contributed by atoms with Crippen LogP contribution in [0.1, 0.15) is 54.9 Å². The molecule has 142 valence electrons. The molecular formula is C17H25Br2NO5. The Balaban J connectivity index is 2.74. The number of hydrogen-bond acceptors (Lipinski definition) is 5. The SMILES string of the molecule is CC(C)(C)OC(=O)CC(C)(C)OCC(C)(C)N1C(=O)C(Br)=C(Br)C1=O. The molecule has 0 bridgehead atoms. The zero-order valence-electron chi connectivity index (χ0n) is 15.7. The van der Waals surface area contributed by atoms with Gasteiger partial charge < -0.3 is 9.47 Å². The number of ether oxygens (including phenoxy) is 2. The van der Waals surface area contributed by atoms with Gasteiger partial charge in [0.25, 0.3) is 11.8 Å². The third kappa shape index (κ3) is 5.89. The summed E-state index contributed by atoms with van der Waals surface area (Å²) in [5.74, 6) is -1.21. The molecule has 0 fully saturated rings. The lowest BCUT2D eigenvalue weighted by Gasteiger charge is -2.37. The Morgan fingerprint density at radius 1 is 0.960 bits per heavy atom. The Morgan fingerprint density at radius 3 is 1.80 bits per heavy atom. The van der Waals surface area contributed by atoms with Gasteiger partial charge in [-0.25, -0.2) is 0 Å². The van der Waals surface area contributed by atoms with E-state index in [9.17, 15) is 14.4 Å². The van der Waals surface area contributed by atoms with E-state index in [2.05, 4.69) is 31.9 Å². The van der Waals surface area contributed by atoms with Crippen molar-refractivity contribution < 1.29 is 23.9 Å².